The maximum Gasteiger partial charge on any atom is 0.162 e. The minimum atomic E-state index is 0.113. The van der Waals surface area contributed by atoms with Gasteiger partial charge in [0.15, 0.2) is 5.82 Å². The molecule has 3 rings (SSSR count). The fourth-order valence-corrected chi connectivity index (χ4v) is 2.19. The van der Waals surface area contributed by atoms with Gasteiger partial charge in [0, 0.05) is 12.6 Å². The molecule has 15 heavy (non-hydrogen) atoms. The van der Waals surface area contributed by atoms with Crippen LogP contribution in [0.15, 0.2) is 6.33 Å². The lowest BCUT2D eigenvalue weighted by Crippen LogP contribution is -2.19. The van der Waals surface area contributed by atoms with Gasteiger partial charge in [0.2, 0.25) is 0 Å². The lowest BCUT2D eigenvalue weighted by Gasteiger charge is -2.12. The Balaban J connectivity index is 1.78. The summed E-state index contributed by atoms with van der Waals surface area (Å²) in [5.41, 5.74) is 5.59. The first-order chi connectivity index (χ1) is 7.38. The van der Waals surface area contributed by atoms with E-state index in [1.54, 1.807) is 0 Å². The van der Waals surface area contributed by atoms with Crippen LogP contribution in [0.4, 0.5) is 0 Å². The predicted molar refractivity (Wildman–Crippen MR) is 54.2 cm³/mol. The maximum atomic E-state index is 5.83. The minimum Gasteiger partial charge on any atom is -0.366 e. The third kappa shape index (κ3) is 1.66. The van der Waals surface area contributed by atoms with Crippen molar-refractivity contribution in [3.8, 4) is 0 Å². The van der Waals surface area contributed by atoms with Crippen LogP contribution in [-0.2, 0) is 4.74 Å². The standard InChI is InChI=1S/C10H16N4O/c11-5-8-3-4-9(15-8)10-13-12-6-14(10)7-1-2-7/h6-9H,1-5,11H2. The van der Waals surface area contributed by atoms with Gasteiger partial charge in [-0.1, -0.05) is 0 Å². The molecule has 1 saturated heterocycles. The van der Waals surface area contributed by atoms with Crippen molar-refractivity contribution in [2.24, 2.45) is 5.73 Å². The van der Waals surface area contributed by atoms with Crippen molar-refractivity contribution in [3.63, 3.8) is 0 Å². The molecular weight excluding hydrogens is 192 g/mol. The van der Waals surface area contributed by atoms with E-state index >= 15 is 0 Å². The fraction of sp³-hybridized carbons (Fsp3) is 0.800. The summed E-state index contributed by atoms with van der Waals surface area (Å²) in [6, 6.07) is 0.621. The minimum absolute atomic E-state index is 0.113. The van der Waals surface area contributed by atoms with Crippen LogP contribution in [0.1, 0.15) is 43.7 Å². The second-order valence-corrected chi connectivity index (χ2v) is 4.39. The second kappa shape index (κ2) is 3.57. The number of aromatic nitrogens is 3. The highest BCUT2D eigenvalue weighted by Crippen LogP contribution is 2.39. The molecule has 2 heterocycles. The van der Waals surface area contributed by atoms with Crippen LogP contribution >= 0.6 is 0 Å². The molecule has 1 aliphatic carbocycles. The van der Waals surface area contributed by atoms with E-state index in [0.29, 0.717) is 12.6 Å². The van der Waals surface area contributed by atoms with Crippen LogP contribution in [0.3, 0.4) is 0 Å². The SMILES string of the molecule is NCC1CCC(c2nncn2C2CC2)O1. The summed E-state index contributed by atoms with van der Waals surface area (Å²) in [6.07, 6.45) is 6.70. The molecule has 2 atom stereocenters. The molecule has 0 bridgehead atoms. The summed E-state index contributed by atoms with van der Waals surface area (Å²) in [7, 11) is 0. The normalized spacial score (nSPS) is 31.0. The van der Waals surface area contributed by atoms with Crippen molar-refractivity contribution in [1.29, 1.82) is 0 Å². The van der Waals surface area contributed by atoms with Gasteiger partial charge in [-0.05, 0) is 25.7 Å². The molecule has 1 saturated carbocycles. The van der Waals surface area contributed by atoms with Crippen LogP contribution in [0.2, 0.25) is 0 Å². The maximum absolute atomic E-state index is 5.83. The van der Waals surface area contributed by atoms with Crippen molar-refractivity contribution < 1.29 is 4.74 Å². The van der Waals surface area contributed by atoms with Gasteiger partial charge in [0.05, 0.1) is 6.10 Å². The first kappa shape index (κ1) is 9.30. The highest BCUT2D eigenvalue weighted by Gasteiger charge is 2.33. The smallest absolute Gasteiger partial charge is 0.162 e. The molecule has 0 spiro atoms. The first-order valence-electron chi connectivity index (χ1n) is 5.63. The quantitative estimate of drug-likeness (QED) is 0.797. The van der Waals surface area contributed by atoms with E-state index in [-0.39, 0.29) is 12.2 Å². The zero-order valence-corrected chi connectivity index (χ0v) is 8.67. The molecule has 2 aliphatic rings. The summed E-state index contributed by atoms with van der Waals surface area (Å²) in [5.74, 6) is 0.994. The summed E-state index contributed by atoms with van der Waals surface area (Å²) in [5, 5.41) is 8.16. The van der Waals surface area contributed by atoms with E-state index < -0.39 is 0 Å². The largest absolute Gasteiger partial charge is 0.366 e. The molecule has 0 radical (unpaired) electrons. The van der Waals surface area contributed by atoms with E-state index in [1.807, 2.05) is 6.33 Å². The van der Waals surface area contributed by atoms with E-state index in [0.717, 1.165) is 18.7 Å². The van der Waals surface area contributed by atoms with Gasteiger partial charge in [-0.25, -0.2) is 0 Å². The van der Waals surface area contributed by atoms with Gasteiger partial charge in [0.1, 0.15) is 12.4 Å². The average molecular weight is 208 g/mol. The number of hydrogen-bond acceptors (Lipinski definition) is 4. The Bertz CT molecular complexity index is 347. The van der Waals surface area contributed by atoms with Crippen LogP contribution in [-0.4, -0.2) is 27.4 Å². The van der Waals surface area contributed by atoms with Crippen molar-refractivity contribution >= 4 is 0 Å². The van der Waals surface area contributed by atoms with E-state index in [4.69, 9.17) is 10.5 Å². The molecule has 0 aromatic carbocycles. The lowest BCUT2D eigenvalue weighted by atomic mass is 10.2. The Morgan fingerprint density at radius 1 is 1.40 bits per heavy atom. The van der Waals surface area contributed by atoms with Crippen molar-refractivity contribution in [2.45, 2.75) is 43.9 Å². The molecule has 5 heteroatoms. The third-order valence-corrected chi connectivity index (χ3v) is 3.20. The molecule has 82 valence electrons. The van der Waals surface area contributed by atoms with Crippen molar-refractivity contribution in [1.82, 2.24) is 14.8 Å². The molecule has 1 aromatic rings. The molecule has 2 fully saturated rings. The van der Waals surface area contributed by atoms with E-state index in [2.05, 4.69) is 14.8 Å². The number of rotatable bonds is 3. The Kier molecular flexibility index (Phi) is 2.21. The fourth-order valence-electron chi connectivity index (χ4n) is 2.19. The van der Waals surface area contributed by atoms with E-state index in [9.17, 15) is 0 Å². The highest BCUT2D eigenvalue weighted by atomic mass is 16.5. The topological polar surface area (TPSA) is 66.0 Å². The molecule has 2 unspecified atom stereocenters. The van der Waals surface area contributed by atoms with Gasteiger partial charge < -0.3 is 15.0 Å². The van der Waals surface area contributed by atoms with Gasteiger partial charge in [-0.15, -0.1) is 10.2 Å². The summed E-state index contributed by atoms with van der Waals surface area (Å²) >= 11 is 0. The van der Waals surface area contributed by atoms with E-state index in [1.165, 1.54) is 12.8 Å². The highest BCUT2D eigenvalue weighted by molar-refractivity contribution is 5.00. The summed E-state index contributed by atoms with van der Waals surface area (Å²) < 4.78 is 8.00. The predicted octanol–water partition coefficient (Wildman–Crippen LogP) is 0.792. The second-order valence-electron chi connectivity index (χ2n) is 4.39. The lowest BCUT2D eigenvalue weighted by molar-refractivity contribution is 0.0425. The van der Waals surface area contributed by atoms with Crippen LogP contribution in [0, 0.1) is 0 Å². The molecule has 2 N–H and O–H groups in total. The Labute approximate surface area is 88.6 Å². The van der Waals surface area contributed by atoms with Gasteiger partial charge in [0.25, 0.3) is 0 Å². The third-order valence-electron chi connectivity index (χ3n) is 3.20. The molecule has 0 amide bonds. The van der Waals surface area contributed by atoms with Gasteiger partial charge >= 0.3 is 0 Å². The Morgan fingerprint density at radius 2 is 2.27 bits per heavy atom. The van der Waals surface area contributed by atoms with Crippen molar-refractivity contribution in [3.05, 3.63) is 12.2 Å². The molecular formula is C10H16N4O. The number of nitrogens with zero attached hydrogens (tertiary/aromatic N) is 3. The Morgan fingerprint density at radius 3 is 2.93 bits per heavy atom. The zero-order chi connectivity index (χ0) is 10.3. The monoisotopic (exact) mass is 208 g/mol. The van der Waals surface area contributed by atoms with Gasteiger partial charge in [-0.3, -0.25) is 0 Å². The van der Waals surface area contributed by atoms with Crippen LogP contribution in [0.5, 0.6) is 0 Å². The van der Waals surface area contributed by atoms with Crippen LogP contribution in [0.25, 0.3) is 0 Å². The molecule has 5 nitrogen and oxygen atoms in total. The summed E-state index contributed by atoms with van der Waals surface area (Å²) in [6.45, 7) is 0.605. The number of hydrogen-bond donors (Lipinski definition) is 1. The van der Waals surface area contributed by atoms with Gasteiger partial charge in [-0.2, -0.15) is 0 Å². The Hall–Kier alpha value is -0.940. The summed E-state index contributed by atoms with van der Waals surface area (Å²) in [4.78, 5) is 0. The average Bonchev–Trinajstić information content (AvgIpc) is 2.83. The zero-order valence-electron chi connectivity index (χ0n) is 8.67. The van der Waals surface area contributed by atoms with Crippen molar-refractivity contribution in [2.75, 3.05) is 6.54 Å². The molecule has 1 aliphatic heterocycles. The van der Waals surface area contributed by atoms with Crippen LogP contribution < -0.4 is 5.73 Å². The number of ether oxygens (including phenoxy) is 1. The first-order valence-corrected chi connectivity index (χ1v) is 5.63. The number of nitrogens with two attached hydrogens (primary N) is 1. The molecule has 1 aromatic heterocycles.